The highest BCUT2D eigenvalue weighted by Gasteiger charge is 2.16. The lowest BCUT2D eigenvalue weighted by atomic mass is 10.1. The monoisotopic (exact) mass is 422 g/mol. The summed E-state index contributed by atoms with van der Waals surface area (Å²) in [6.07, 6.45) is 1.64. The molecule has 0 saturated carbocycles. The van der Waals surface area contributed by atoms with E-state index in [0.717, 1.165) is 21.6 Å². The van der Waals surface area contributed by atoms with Gasteiger partial charge in [-0.3, -0.25) is 9.00 Å². The fourth-order valence-electron chi connectivity index (χ4n) is 2.61. The Bertz CT molecular complexity index is 970. The second kappa shape index (κ2) is 9.45. The molecule has 2 aromatic rings. The number of benzene rings is 2. The number of nitrogens with one attached hydrogen (secondary N) is 2. The zero-order valence-electron chi connectivity index (χ0n) is 16.5. The number of amides is 1. The number of rotatable bonds is 8. The molecule has 0 bridgehead atoms. The third-order valence-electron chi connectivity index (χ3n) is 4.52. The average molecular weight is 423 g/mol. The van der Waals surface area contributed by atoms with Crippen molar-refractivity contribution in [3.05, 3.63) is 59.2 Å². The minimum atomic E-state index is -3.65. The molecule has 8 heteroatoms. The van der Waals surface area contributed by atoms with E-state index in [9.17, 15) is 17.4 Å². The predicted molar refractivity (Wildman–Crippen MR) is 111 cm³/mol. The molecule has 2 N–H and O–H groups in total. The minimum Gasteiger partial charge on any atom is -0.350 e. The number of hydrogen-bond acceptors (Lipinski definition) is 4. The normalized spacial score (nSPS) is 13.7. The molecule has 0 heterocycles. The Morgan fingerprint density at radius 2 is 1.71 bits per heavy atom. The Labute approximate surface area is 169 Å². The SMILES string of the molecule is Cc1ccc(S(=O)(=O)NCCC(=O)N[C@H](C)c2ccc([S@@](C)=O)cc2)cc1C. The van der Waals surface area contributed by atoms with Crippen molar-refractivity contribution < 1.29 is 17.4 Å². The van der Waals surface area contributed by atoms with Crippen LogP contribution in [0.4, 0.5) is 0 Å². The summed E-state index contributed by atoms with van der Waals surface area (Å²) in [6.45, 7) is 5.63. The van der Waals surface area contributed by atoms with Crippen LogP contribution >= 0.6 is 0 Å². The lowest BCUT2D eigenvalue weighted by Crippen LogP contribution is -2.32. The average Bonchev–Trinajstić information content (AvgIpc) is 2.63. The second-order valence-corrected chi connectivity index (χ2v) is 9.85. The summed E-state index contributed by atoms with van der Waals surface area (Å²) in [5, 5.41) is 2.84. The summed E-state index contributed by atoms with van der Waals surface area (Å²) in [5.41, 5.74) is 2.80. The molecule has 0 spiro atoms. The summed E-state index contributed by atoms with van der Waals surface area (Å²) >= 11 is 0. The van der Waals surface area contributed by atoms with Crippen LogP contribution in [0.15, 0.2) is 52.3 Å². The first-order chi connectivity index (χ1) is 13.1. The fourth-order valence-corrected chi connectivity index (χ4v) is 4.24. The van der Waals surface area contributed by atoms with Crippen molar-refractivity contribution in [2.24, 2.45) is 0 Å². The first kappa shape index (κ1) is 22.3. The van der Waals surface area contributed by atoms with E-state index in [4.69, 9.17) is 0 Å². The molecule has 0 fully saturated rings. The van der Waals surface area contributed by atoms with Gasteiger partial charge in [0, 0.05) is 34.9 Å². The molecule has 1 amide bonds. The van der Waals surface area contributed by atoms with E-state index in [1.54, 1.807) is 36.6 Å². The van der Waals surface area contributed by atoms with Crippen LogP contribution < -0.4 is 10.0 Å². The molecule has 0 aliphatic carbocycles. The van der Waals surface area contributed by atoms with E-state index in [1.807, 2.05) is 32.9 Å². The van der Waals surface area contributed by atoms with E-state index in [1.165, 1.54) is 0 Å². The van der Waals surface area contributed by atoms with Gasteiger partial charge < -0.3 is 5.32 Å². The van der Waals surface area contributed by atoms with Gasteiger partial charge in [-0.25, -0.2) is 13.1 Å². The molecule has 6 nitrogen and oxygen atoms in total. The van der Waals surface area contributed by atoms with Crippen molar-refractivity contribution in [2.45, 2.75) is 43.0 Å². The maximum Gasteiger partial charge on any atom is 0.240 e. The van der Waals surface area contributed by atoms with E-state index in [-0.39, 0.29) is 29.8 Å². The third kappa shape index (κ3) is 5.98. The number of aryl methyl sites for hydroxylation is 2. The van der Waals surface area contributed by atoms with Gasteiger partial charge >= 0.3 is 0 Å². The van der Waals surface area contributed by atoms with Gasteiger partial charge in [0.15, 0.2) is 0 Å². The quantitative estimate of drug-likeness (QED) is 0.684. The zero-order valence-corrected chi connectivity index (χ0v) is 18.1. The number of carbonyl (C=O) groups excluding carboxylic acids is 1. The van der Waals surface area contributed by atoms with Gasteiger partial charge in [0.05, 0.1) is 10.9 Å². The molecule has 2 rings (SSSR count). The summed E-state index contributed by atoms with van der Waals surface area (Å²) < 4.78 is 38.6. The van der Waals surface area contributed by atoms with Crippen LogP contribution in [0.2, 0.25) is 0 Å². The zero-order chi connectivity index (χ0) is 20.9. The van der Waals surface area contributed by atoms with Crippen LogP contribution in [-0.4, -0.2) is 31.3 Å². The highest BCUT2D eigenvalue weighted by atomic mass is 32.2. The molecule has 0 aliphatic rings. The summed E-state index contributed by atoms with van der Waals surface area (Å²) in [4.78, 5) is 13.0. The molecular formula is C20H26N2O4S2. The molecule has 0 aromatic heterocycles. The van der Waals surface area contributed by atoms with Crippen molar-refractivity contribution in [2.75, 3.05) is 12.8 Å². The van der Waals surface area contributed by atoms with Crippen molar-refractivity contribution >= 4 is 26.7 Å². The van der Waals surface area contributed by atoms with Crippen LogP contribution in [0.5, 0.6) is 0 Å². The highest BCUT2D eigenvalue weighted by Crippen LogP contribution is 2.16. The van der Waals surface area contributed by atoms with E-state index in [0.29, 0.717) is 0 Å². The van der Waals surface area contributed by atoms with E-state index in [2.05, 4.69) is 10.0 Å². The lowest BCUT2D eigenvalue weighted by molar-refractivity contribution is -0.121. The third-order valence-corrected chi connectivity index (χ3v) is 6.92. The van der Waals surface area contributed by atoms with E-state index >= 15 is 0 Å². The van der Waals surface area contributed by atoms with Crippen LogP contribution in [0.1, 0.15) is 36.1 Å². The van der Waals surface area contributed by atoms with Gasteiger partial charge in [0.2, 0.25) is 15.9 Å². The lowest BCUT2D eigenvalue weighted by Gasteiger charge is -2.15. The number of hydrogen-bond donors (Lipinski definition) is 2. The second-order valence-electron chi connectivity index (χ2n) is 6.71. The number of carbonyl (C=O) groups is 1. The Morgan fingerprint density at radius 3 is 2.29 bits per heavy atom. The minimum absolute atomic E-state index is 0.0154. The Hall–Kier alpha value is -2.03. The van der Waals surface area contributed by atoms with Gasteiger partial charge in [0.25, 0.3) is 0 Å². The first-order valence-corrected chi connectivity index (χ1v) is 11.9. The summed E-state index contributed by atoms with van der Waals surface area (Å²) in [6, 6.07) is 11.9. The summed E-state index contributed by atoms with van der Waals surface area (Å²) in [7, 11) is -4.69. The molecule has 0 radical (unpaired) electrons. The number of sulfonamides is 1. The van der Waals surface area contributed by atoms with Gasteiger partial charge in [-0.2, -0.15) is 0 Å². The first-order valence-electron chi connectivity index (χ1n) is 8.90. The van der Waals surface area contributed by atoms with Crippen LogP contribution in [-0.2, 0) is 25.6 Å². The molecule has 0 aliphatic heterocycles. The molecule has 2 atom stereocenters. The van der Waals surface area contributed by atoms with Crippen molar-refractivity contribution in [3.8, 4) is 0 Å². The van der Waals surface area contributed by atoms with Crippen molar-refractivity contribution in [1.29, 1.82) is 0 Å². The van der Waals surface area contributed by atoms with Crippen molar-refractivity contribution in [3.63, 3.8) is 0 Å². The maximum absolute atomic E-state index is 12.3. The van der Waals surface area contributed by atoms with Crippen LogP contribution in [0, 0.1) is 13.8 Å². The molecule has 152 valence electrons. The van der Waals surface area contributed by atoms with Gasteiger partial charge in [-0.15, -0.1) is 0 Å². The Kier molecular flexibility index (Phi) is 7.51. The molecule has 0 saturated heterocycles. The topological polar surface area (TPSA) is 92.3 Å². The smallest absolute Gasteiger partial charge is 0.240 e. The molecule has 0 unspecified atom stereocenters. The fraction of sp³-hybridized carbons (Fsp3) is 0.350. The Balaban J connectivity index is 1.87. The van der Waals surface area contributed by atoms with Crippen LogP contribution in [0.25, 0.3) is 0 Å². The van der Waals surface area contributed by atoms with Crippen molar-refractivity contribution in [1.82, 2.24) is 10.0 Å². The molecule has 2 aromatic carbocycles. The van der Waals surface area contributed by atoms with Gasteiger partial charge in [-0.1, -0.05) is 18.2 Å². The Morgan fingerprint density at radius 1 is 1.07 bits per heavy atom. The summed E-state index contributed by atoms with van der Waals surface area (Å²) in [5.74, 6) is -0.251. The molecular weight excluding hydrogens is 396 g/mol. The van der Waals surface area contributed by atoms with E-state index < -0.39 is 20.8 Å². The standard InChI is InChI=1S/C20H26N2O4S2/c1-14-5-10-19(13-15(14)2)28(25,26)21-12-11-20(23)22-16(3)17-6-8-18(9-7-17)27(4)24/h5-10,13,16,21H,11-12H2,1-4H3,(H,22,23)/t16-,27-/m1/s1. The van der Waals surface area contributed by atoms with Crippen LogP contribution in [0.3, 0.4) is 0 Å². The maximum atomic E-state index is 12.3. The largest absolute Gasteiger partial charge is 0.350 e. The predicted octanol–water partition coefficient (Wildman–Crippen LogP) is 2.59. The highest BCUT2D eigenvalue weighted by molar-refractivity contribution is 7.89. The molecule has 28 heavy (non-hydrogen) atoms. The van der Waals surface area contributed by atoms with Gasteiger partial charge in [-0.05, 0) is 61.7 Å². The van der Waals surface area contributed by atoms with Gasteiger partial charge in [0.1, 0.15) is 0 Å².